The Morgan fingerprint density at radius 1 is 1.32 bits per heavy atom. The first-order chi connectivity index (χ1) is 9.31. The molecule has 0 amide bonds. The van der Waals surface area contributed by atoms with Gasteiger partial charge in [0, 0.05) is 38.1 Å². The molecule has 0 fully saturated rings. The first-order valence-corrected chi connectivity index (χ1v) is 6.37. The van der Waals surface area contributed by atoms with Crippen molar-refractivity contribution in [2.45, 2.75) is 19.9 Å². The first-order valence-electron chi connectivity index (χ1n) is 6.37. The topological polar surface area (TPSA) is 66.7 Å². The Balaban J connectivity index is 1.51. The molecule has 98 valence electrons. The number of aromatic amines is 1. The minimum absolute atomic E-state index is 0.618. The summed E-state index contributed by atoms with van der Waals surface area (Å²) in [7, 11) is 0. The summed E-state index contributed by atoms with van der Waals surface area (Å²) in [5, 5.41) is 8.49. The summed E-state index contributed by atoms with van der Waals surface area (Å²) in [6, 6.07) is 8.51. The number of nitrogens with zero attached hydrogens (tertiary/aromatic N) is 2. The first kappa shape index (κ1) is 11.9. The summed E-state index contributed by atoms with van der Waals surface area (Å²) < 4.78 is 4.93. The highest BCUT2D eigenvalue weighted by molar-refractivity contribution is 5.79. The van der Waals surface area contributed by atoms with Gasteiger partial charge in [0.15, 0.2) is 5.82 Å². The van der Waals surface area contributed by atoms with E-state index in [0.29, 0.717) is 5.89 Å². The third-order valence-electron chi connectivity index (χ3n) is 3.04. The lowest BCUT2D eigenvalue weighted by Gasteiger charge is -2.03. The van der Waals surface area contributed by atoms with Crippen LogP contribution in [0.5, 0.6) is 0 Å². The molecule has 0 saturated carbocycles. The maximum Gasteiger partial charge on any atom is 0.223 e. The van der Waals surface area contributed by atoms with E-state index >= 15 is 0 Å². The van der Waals surface area contributed by atoms with Gasteiger partial charge in [-0.2, -0.15) is 4.98 Å². The molecule has 5 heteroatoms. The largest absolute Gasteiger partial charge is 0.361 e. The monoisotopic (exact) mass is 256 g/mol. The fourth-order valence-electron chi connectivity index (χ4n) is 2.08. The molecule has 2 heterocycles. The van der Waals surface area contributed by atoms with Crippen molar-refractivity contribution in [3.05, 3.63) is 47.7 Å². The average Bonchev–Trinajstić information content (AvgIpc) is 3.03. The molecule has 0 radical (unpaired) electrons. The minimum Gasteiger partial charge on any atom is -0.361 e. The predicted octanol–water partition coefficient (Wildman–Crippen LogP) is 2.19. The van der Waals surface area contributed by atoms with Crippen molar-refractivity contribution >= 4 is 10.9 Å². The Bertz CT molecular complexity index is 671. The van der Waals surface area contributed by atoms with E-state index in [9.17, 15) is 0 Å². The molecule has 5 nitrogen and oxygen atoms in total. The van der Waals surface area contributed by atoms with Crippen LogP contribution in [0.15, 0.2) is 35.0 Å². The molecule has 0 atom stereocenters. The summed E-state index contributed by atoms with van der Waals surface area (Å²) in [6.07, 6.45) is 2.74. The zero-order chi connectivity index (χ0) is 13.1. The van der Waals surface area contributed by atoms with Crippen LogP contribution in [-0.2, 0) is 13.0 Å². The van der Waals surface area contributed by atoms with E-state index in [1.165, 1.54) is 16.5 Å². The van der Waals surface area contributed by atoms with Crippen LogP contribution >= 0.6 is 0 Å². The van der Waals surface area contributed by atoms with Crippen LogP contribution in [0, 0.1) is 6.92 Å². The van der Waals surface area contributed by atoms with E-state index in [0.717, 1.165) is 25.3 Å². The van der Waals surface area contributed by atoms with Gasteiger partial charge in [-0.3, -0.25) is 0 Å². The highest BCUT2D eigenvalue weighted by Gasteiger charge is 2.01. The molecule has 0 saturated heterocycles. The molecule has 2 aromatic heterocycles. The fourth-order valence-corrected chi connectivity index (χ4v) is 2.08. The van der Waals surface area contributed by atoms with Crippen molar-refractivity contribution in [3.8, 4) is 0 Å². The number of H-pyrrole nitrogens is 1. The lowest BCUT2D eigenvalue weighted by Crippen LogP contribution is -2.17. The summed E-state index contributed by atoms with van der Waals surface area (Å²) in [5.41, 5.74) is 2.44. The normalized spacial score (nSPS) is 11.2. The van der Waals surface area contributed by atoms with Gasteiger partial charge >= 0.3 is 0 Å². The van der Waals surface area contributed by atoms with Crippen molar-refractivity contribution in [1.82, 2.24) is 20.4 Å². The van der Waals surface area contributed by atoms with E-state index < -0.39 is 0 Å². The van der Waals surface area contributed by atoms with E-state index in [1.54, 1.807) is 6.92 Å². The quantitative estimate of drug-likeness (QED) is 0.687. The van der Waals surface area contributed by atoms with Crippen molar-refractivity contribution in [1.29, 1.82) is 0 Å². The van der Waals surface area contributed by atoms with Gasteiger partial charge in [0.2, 0.25) is 5.89 Å². The highest BCUT2D eigenvalue weighted by Crippen LogP contribution is 2.13. The Kier molecular flexibility index (Phi) is 3.29. The lowest BCUT2D eigenvalue weighted by atomic mass is 10.1. The Morgan fingerprint density at radius 2 is 2.26 bits per heavy atom. The summed E-state index contributed by atoms with van der Waals surface area (Å²) in [4.78, 5) is 7.39. The number of aryl methyl sites for hydroxylation is 1. The molecule has 3 rings (SSSR count). The van der Waals surface area contributed by atoms with Gasteiger partial charge in [-0.15, -0.1) is 0 Å². The number of fused-ring (bicyclic) bond motifs is 1. The number of nitrogens with one attached hydrogen (secondary N) is 2. The van der Waals surface area contributed by atoms with Gasteiger partial charge < -0.3 is 14.8 Å². The van der Waals surface area contributed by atoms with Crippen LogP contribution in [0.1, 0.15) is 17.3 Å². The molecule has 3 aromatic rings. The van der Waals surface area contributed by atoms with E-state index in [2.05, 4.69) is 44.7 Å². The summed E-state index contributed by atoms with van der Waals surface area (Å²) >= 11 is 0. The molecule has 1 aromatic carbocycles. The number of hydrogen-bond acceptors (Lipinski definition) is 4. The molecule has 0 aliphatic carbocycles. The van der Waals surface area contributed by atoms with Gasteiger partial charge in [-0.1, -0.05) is 17.3 Å². The van der Waals surface area contributed by atoms with E-state index in [-0.39, 0.29) is 0 Å². The average molecular weight is 256 g/mol. The summed E-state index contributed by atoms with van der Waals surface area (Å²) in [6.45, 7) is 3.48. The van der Waals surface area contributed by atoms with Gasteiger partial charge in [-0.05, 0) is 23.1 Å². The second-order valence-corrected chi connectivity index (χ2v) is 4.56. The number of benzene rings is 1. The van der Waals surface area contributed by atoms with Crippen molar-refractivity contribution < 1.29 is 4.52 Å². The zero-order valence-electron chi connectivity index (χ0n) is 10.8. The molecule has 0 aliphatic rings. The SMILES string of the molecule is Cc1nc(CCNCc2ccc3cc[nH]c3c2)no1. The maximum atomic E-state index is 4.93. The number of rotatable bonds is 5. The Hall–Kier alpha value is -2.14. The lowest BCUT2D eigenvalue weighted by molar-refractivity contribution is 0.387. The van der Waals surface area contributed by atoms with Gasteiger partial charge in [0.05, 0.1) is 0 Å². The third kappa shape index (κ3) is 2.82. The van der Waals surface area contributed by atoms with Crippen LogP contribution < -0.4 is 5.32 Å². The highest BCUT2D eigenvalue weighted by atomic mass is 16.5. The predicted molar refractivity (Wildman–Crippen MR) is 72.7 cm³/mol. The molecule has 0 bridgehead atoms. The van der Waals surface area contributed by atoms with Gasteiger partial charge in [0.1, 0.15) is 0 Å². The fraction of sp³-hybridized carbons (Fsp3) is 0.286. The second-order valence-electron chi connectivity index (χ2n) is 4.56. The molecule has 2 N–H and O–H groups in total. The van der Waals surface area contributed by atoms with Crippen molar-refractivity contribution in [3.63, 3.8) is 0 Å². The Morgan fingerprint density at radius 3 is 3.11 bits per heavy atom. The minimum atomic E-state index is 0.618. The van der Waals surface area contributed by atoms with Crippen LogP contribution in [0.25, 0.3) is 10.9 Å². The standard InChI is InChI=1S/C14H16N4O/c1-10-17-14(18-19-10)5-6-15-9-11-2-3-12-4-7-16-13(12)8-11/h2-4,7-8,15-16H,5-6,9H2,1H3. The zero-order valence-corrected chi connectivity index (χ0v) is 10.8. The van der Waals surface area contributed by atoms with Gasteiger partial charge in [0.25, 0.3) is 0 Å². The Labute approximate surface area is 111 Å². The summed E-state index contributed by atoms with van der Waals surface area (Å²) in [5.74, 6) is 1.37. The van der Waals surface area contributed by atoms with Crippen LogP contribution in [0.4, 0.5) is 0 Å². The number of aromatic nitrogens is 3. The second kappa shape index (κ2) is 5.24. The van der Waals surface area contributed by atoms with Crippen LogP contribution in [0.3, 0.4) is 0 Å². The van der Waals surface area contributed by atoms with Gasteiger partial charge in [-0.25, -0.2) is 0 Å². The van der Waals surface area contributed by atoms with E-state index in [4.69, 9.17) is 4.52 Å². The molecular weight excluding hydrogens is 240 g/mol. The molecular formula is C14H16N4O. The maximum absolute atomic E-state index is 4.93. The molecule has 19 heavy (non-hydrogen) atoms. The van der Waals surface area contributed by atoms with Crippen LogP contribution in [0.2, 0.25) is 0 Å². The molecule has 0 spiro atoms. The molecule has 0 aliphatic heterocycles. The van der Waals surface area contributed by atoms with Crippen molar-refractivity contribution in [2.75, 3.05) is 6.54 Å². The van der Waals surface area contributed by atoms with E-state index in [1.807, 2.05) is 6.20 Å². The smallest absolute Gasteiger partial charge is 0.223 e. The number of hydrogen-bond donors (Lipinski definition) is 2. The molecule has 0 unspecified atom stereocenters. The van der Waals surface area contributed by atoms with Crippen molar-refractivity contribution in [2.24, 2.45) is 0 Å². The third-order valence-corrected chi connectivity index (χ3v) is 3.04. The van der Waals surface area contributed by atoms with Crippen LogP contribution in [-0.4, -0.2) is 21.7 Å².